The van der Waals surface area contributed by atoms with Gasteiger partial charge in [0.2, 0.25) is 17.7 Å². The number of rotatable bonds is 5. The van der Waals surface area contributed by atoms with Crippen LogP contribution in [0.3, 0.4) is 0 Å². The third-order valence-electron chi connectivity index (χ3n) is 5.50. The van der Waals surface area contributed by atoms with E-state index in [1.54, 1.807) is 0 Å². The van der Waals surface area contributed by atoms with Crippen molar-refractivity contribution in [2.45, 2.75) is 31.6 Å². The Morgan fingerprint density at radius 3 is 2.41 bits per heavy atom. The first kappa shape index (κ1) is 19.5. The van der Waals surface area contributed by atoms with Crippen LogP contribution in [0, 0.1) is 5.92 Å². The molecule has 0 unspecified atom stereocenters. The van der Waals surface area contributed by atoms with Crippen LogP contribution in [-0.4, -0.2) is 72.7 Å². The second-order valence-electron chi connectivity index (χ2n) is 8.00. The molecule has 3 rings (SSSR count). The molecule has 1 atom stereocenters. The minimum atomic E-state index is -0.240. The Bertz CT molecular complexity index is 671. The van der Waals surface area contributed by atoms with Gasteiger partial charge >= 0.3 is 0 Å². The van der Waals surface area contributed by atoms with Gasteiger partial charge in [-0.15, -0.1) is 0 Å². The molecule has 2 aliphatic heterocycles. The van der Waals surface area contributed by atoms with Crippen molar-refractivity contribution in [3.05, 3.63) is 35.9 Å². The summed E-state index contributed by atoms with van der Waals surface area (Å²) >= 11 is 0. The van der Waals surface area contributed by atoms with Gasteiger partial charge < -0.3 is 9.80 Å². The number of imide groups is 1. The minimum Gasteiger partial charge on any atom is -0.341 e. The summed E-state index contributed by atoms with van der Waals surface area (Å²) in [5, 5.41) is 0. The SMILES string of the molecule is CN(C)C[C@@H]1CCCN(C(=O)CN2C(=O)CC(c3ccccc3)CC2=O)C1. The fraction of sp³-hybridized carbons (Fsp3) is 0.571. The highest BCUT2D eigenvalue weighted by atomic mass is 16.2. The van der Waals surface area contributed by atoms with Crippen molar-refractivity contribution < 1.29 is 14.4 Å². The second kappa shape index (κ2) is 8.65. The number of piperidine rings is 2. The van der Waals surface area contributed by atoms with E-state index in [0.29, 0.717) is 19.0 Å². The van der Waals surface area contributed by atoms with E-state index in [-0.39, 0.29) is 43.0 Å². The third kappa shape index (κ3) is 4.95. The first-order chi connectivity index (χ1) is 12.9. The van der Waals surface area contributed by atoms with Crippen LogP contribution >= 0.6 is 0 Å². The van der Waals surface area contributed by atoms with Gasteiger partial charge in [-0.1, -0.05) is 30.3 Å². The Morgan fingerprint density at radius 1 is 1.11 bits per heavy atom. The van der Waals surface area contributed by atoms with Gasteiger partial charge in [0.05, 0.1) is 0 Å². The number of hydrogen-bond donors (Lipinski definition) is 0. The van der Waals surface area contributed by atoms with E-state index >= 15 is 0 Å². The summed E-state index contributed by atoms with van der Waals surface area (Å²) in [6, 6.07) is 9.65. The first-order valence-corrected chi connectivity index (χ1v) is 9.74. The lowest BCUT2D eigenvalue weighted by Gasteiger charge is -2.36. The zero-order valence-corrected chi connectivity index (χ0v) is 16.3. The molecule has 3 amide bonds. The Kier molecular flexibility index (Phi) is 6.26. The molecule has 2 fully saturated rings. The van der Waals surface area contributed by atoms with Crippen molar-refractivity contribution >= 4 is 17.7 Å². The molecular formula is C21H29N3O3. The molecule has 0 aliphatic carbocycles. The largest absolute Gasteiger partial charge is 0.341 e. The van der Waals surface area contributed by atoms with E-state index in [1.165, 1.54) is 0 Å². The van der Waals surface area contributed by atoms with E-state index in [1.807, 2.05) is 49.3 Å². The molecule has 1 aromatic carbocycles. The van der Waals surface area contributed by atoms with Crippen molar-refractivity contribution in [1.82, 2.24) is 14.7 Å². The number of amides is 3. The van der Waals surface area contributed by atoms with E-state index < -0.39 is 0 Å². The number of hydrogen-bond acceptors (Lipinski definition) is 4. The van der Waals surface area contributed by atoms with E-state index in [2.05, 4.69) is 4.90 Å². The van der Waals surface area contributed by atoms with Crippen LogP contribution in [0.25, 0.3) is 0 Å². The predicted octanol–water partition coefficient (Wildman–Crippen LogP) is 1.72. The maximum Gasteiger partial charge on any atom is 0.242 e. The zero-order chi connectivity index (χ0) is 19.4. The minimum absolute atomic E-state index is 0.0861. The normalized spacial score (nSPS) is 21.8. The number of carbonyl (C=O) groups excluding carboxylic acids is 3. The molecule has 0 saturated carbocycles. The van der Waals surface area contributed by atoms with Crippen LogP contribution in [0.4, 0.5) is 0 Å². The summed E-state index contributed by atoms with van der Waals surface area (Å²) in [4.78, 5) is 42.9. The molecule has 0 bridgehead atoms. The monoisotopic (exact) mass is 371 g/mol. The molecule has 146 valence electrons. The molecule has 2 saturated heterocycles. The molecular weight excluding hydrogens is 342 g/mol. The van der Waals surface area contributed by atoms with Gasteiger partial charge in [-0.2, -0.15) is 0 Å². The number of benzene rings is 1. The van der Waals surface area contributed by atoms with Gasteiger partial charge in [0.15, 0.2) is 0 Å². The third-order valence-corrected chi connectivity index (χ3v) is 5.50. The molecule has 0 aromatic heterocycles. The van der Waals surface area contributed by atoms with E-state index in [4.69, 9.17) is 0 Å². The number of carbonyl (C=O) groups is 3. The Balaban J connectivity index is 1.58. The lowest BCUT2D eigenvalue weighted by molar-refractivity contribution is -0.153. The van der Waals surface area contributed by atoms with Crippen molar-refractivity contribution in [2.24, 2.45) is 5.92 Å². The summed E-state index contributed by atoms with van der Waals surface area (Å²) in [5.74, 6) is -0.228. The second-order valence-corrected chi connectivity index (χ2v) is 8.00. The molecule has 27 heavy (non-hydrogen) atoms. The van der Waals surface area contributed by atoms with Gasteiger partial charge in [-0.25, -0.2) is 0 Å². The van der Waals surface area contributed by atoms with Crippen molar-refractivity contribution in [3.63, 3.8) is 0 Å². The van der Waals surface area contributed by atoms with Crippen LogP contribution in [-0.2, 0) is 14.4 Å². The maximum absolute atomic E-state index is 12.7. The van der Waals surface area contributed by atoms with Crippen molar-refractivity contribution in [1.29, 1.82) is 0 Å². The van der Waals surface area contributed by atoms with Gasteiger partial charge in [-0.3, -0.25) is 19.3 Å². The summed E-state index contributed by atoms with van der Waals surface area (Å²) in [5.41, 5.74) is 1.01. The molecule has 0 radical (unpaired) electrons. The van der Waals surface area contributed by atoms with Crippen LogP contribution in [0.15, 0.2) is 30.3 Å². The maximum atomic E-state index is 12.7. The van der Waals surface area contributed by atoms with E-state index in [0.717, 1.165) is 29.8 Å². The summed E-state index contributed by atoms with van der Waals surface area (Å²) < 4.78 is 0. The molecule has 2 heterocycles. The fourth-order valence-corrected chi connectivity index (χ4v) is 4.18. The van der Waals surface area contributed by atoms with Gasteiger partial charge in [0.25, 0.3) is 0 Å². The molecule has 2 aliphatic rings. The number of nitrogens with zero attached hydrogens (tertiary/aromatic N) is 3. The smallest absolute Gasteiger partial charge is 0.242 e. The summed E-state index contributed by atoms with van der Waals surface area (Å²) in [7, 11) is 4.07. The van der Waals surface area contributed by atoms with Gasteiger partial charge in [0.1, 0.15) is 6.54 Å². The van der Waals surface area contributed by atoms with Crippen LogP contribution in [0.5, 0.6) is 0 Å². The highest BCUT2D eigenvalue weighted by Gasteiger charge is 2.35. The lowest BCUT2D eigenvalue weighted by atomic mass is 9.88. The van der Waals surface area contributed by atoms with Gasteiger partial charge in [0, 0.05) is 38.4 Å². The van der Waals surface area contributed by atoms with Crippen molar-refractivity contribution in [3.8, 4) is 0 Å². The molecule has 6 nitrogen and oxygen atoms in total. The van der Waals surface area contributed by atoms with E-state index in [9.17, 15) is 14.4 Å². The topological polar surface area (TPSA) is 60.9 Å². The Morgan fingerprint density at radius 2 is 1.78 bits per heavy atom. The highest BCUT2D eigenvalue weighted by molar-refractivity contribution is 6.01. The van der Waals surface area contributed by atoms with Crippen LogP contribution < -0.4 is 0 Å². The quantitative estimate of drug-likeness (QED) is 0.740. The van der Waals surface area contributed by atoms with Crippen molar-refractivity contribution in [2.75, 3.05) is 40.3 Å². The Labute approximate surface area is 161 Å². The summed E-state index contributed by atoms with van der Waals surface area (Å²) in [6.45, 7) is 2.25. The van der Waals surface area contributed by atoms with Crippen LogP contribution in [0.1, 0.15) is 37.2 Å². The fourth-order valence-electron chi connectivity index (χ4n) is 4.18. The molecule has 0 spiro atoms. The molecule has 6 heteroatoms. The zero-order valence-electron chi connectivity index (χ0n) is 16.3. The lowest BCUT2D eigenvalue weighted by Crippen LogP contribution is -2.51. The molecule has 0 N–H and O–H groups in total. The average Bonchev–Trinajstić information content (AvgIpc) is 2.64. The summed E-state index contributed by atoms with van der Waals surface area (Å²) in [6.07, 6.45) is 2.66. The highest BCUT2D eigenvalue weighted by Crippen LogP contribution is 2.29. The van der Waals surface area contributed by atoms with Crippen LogP contribution in [0.2, 0.25) is 0 Å². The van der Waals surface area contributed by atoms with Gasteiger partial charge in [-0.05, 0) is 38.4 Å². The Hall–Kier alpha value is -2.21. The predicted molar refractivity (Wildman–Crippen MR) is 103 cm³/mol. The standard InChI is InChI=1S/C21H29N3O3/c1-22(2)13-16-7-6-10-23(14-16)21(27)15-24-19(25)11-18(12-20(24)26)17-8-4-3-5-9-17/h3-5,8-9,16,18H,6-7,10-15H2,1-2H3/t16-/m0/s1. The first-order valence-electron chi connectivity index (χ1n) is 9.74. The average molecular weight is 371 g/mol. The molecule has 1 aromatic rings. The number of likely N-dealkylation sites (tertiary alicyclic amines) is 2.